The number of halogens is 1. The maximum absolute atomic E-state index is 13.6. The van der Waals surface area contributed by atoms with Gasteiger partial charge in [0.05, 0.1) is 17.2 Å². The van der Waals surface area contributed by atoms with E-state index in [9.17, 15) is 9.65 Å². The van der Waals surface area contributed by atoms with E-state index < -0.39 is 0 Å². The normalized spacial score (nSPS) is 16.9. The van der Waals surface area contributed by atoms with Crippen molar-refractivity contribution in [3.8, 4) is 6.07 Å². The summed E-state index contributed by atoms with van der Waals surface area (Å²) in [6.45, 7) is 2.82. The summed E-state index contributed by atoms with van der Waals surface area (Å²) in [6, 6.07) is 14.9. The fraction of sp³-hybridized carbons (Fsp3) is 0.318. The second-order valence-corrected chi connectivity index (χ2v) is 7.07. The van der Waals surface area contributed by atoms with Crippen molar-refractivity contribution in [2.45, 2.75) is 32.0 Å². The van der Waals surface area contributed by atoms with Crippen LogP contribution in [0.3, 0.4) is 0 Å². The van der Waals surface area contributed by atoms with Crippen LogP contribution in [-0.2, 0) is 17.8 Å². The zero-order valence-corrected chi connectivity index (χ0v) is 15.1. The molecule has 0 N–H and O–H groups in total. The third-order valence-electron chi connectivity index (χ3n) is 5.05. The van der Waals surface area contributed by atoms with E-state index in [0.29, 0.717) is 18.7 Å². The Labute approximate surface area is 158 Å². The van der Waals surface area contributed by atoms with E-state index in [1.165, 1.54) is 6.07 Å². The van der Waals surface area contributed by atoms with E-state index in [-0.39, 0.29) is 11.9 Å². The zero-order chi connectivity index (χ0) is 18.6. The van der Waals surface area contributed by atoms with Gasteiger partial charge in [0.15, 0.2) is 0 Å². The Morgan fingerprint density at radius 2 is 2.15 bits per heavy atom. The van der Waals surface area contributed by atoms with Crippen LogP contribution in [0.5, 0.6) is 0 Å². The predicted molar refractivity (Wildman–Crippen MR) is 102 cm³/mol. The predicted octanol–water partition coefficient (Wildman–Crippen LogP) is 4.13. The third kappa shape index (κ3) is 4.02. The minimum absolute atomic E-state index is 0.195. The number of hydrogen-bond donors (Lipinski definition) is 0. The largest absolute Gasteiger partial charge is 0.377 e. The SMILES string of the molecule is N#Cc1c(CN(Cc2cccc(F)c2)CC2CCCO2)cn2ccccc12. The molecule has 5 heteroatoms. The van der Waals surface area contributed by atoms with Crippen molar-refractivity contribution in [3.63, 3.8) is 0 Å². The van der Waals surface area contributed by atoms with Crippen LogP contribution in [0.15, 0.2) is 54.9 Å². The fourth-order valence-electron chi connectivity index (χ4n) is 3.82. The lowest BCUT2D eigenvalue weighted by molar-refractivity contribution is 0.0678. The first-order chi connectivity index (χ1) is 13.2. The summed E-state index contributed by atoms with van der Waals surface area (Å²) >= 11 is 0. The zero-order valence-electron chi connectivity index (χ0n) is 15.1. The molecule has 3 aromatic rings. The van der Waals surface area contributed by atoms with E-state index in [2.05, 4.69) is 11.0 Å². The Morgan fingerprint density at radius 3 is 2.93 bits per heavy atom. The van der Waals surface area contributed by atoms with Crippen molar-refractivity contribution in [1.82, 2.24) is 9.30 Å². The number of aromatic nitrogens is 1. The molecule has 0 amide bonds. The van der Waals surface area contributed by atoms with Gasteiger partial charge in [0.1, 0.15) is 11.9 Å². The number of hydrogen-bond acceptors (Lipinski definition) is 3. The van der Waals surface area contributed by atoms with E-state index in [0.717, 1.165) is 42.6 Å². The first kappa shape index (κ1) is 17.7. The molecule has 1 aliphatic heterocycles. The van der Waals surface area contributed by atoms with Gasteiger partial charge in [0.25, 0.3) is 0 Å². The average Bonchev–Trinajstić information content (AvgIpc) is 3.28. The van der Waals surface area contributed by atoms with Crippen molar-refractivity contribution in [2.24, 2.45) is 0 Å². The maximum atomic E-state index is 13.6. The van der Waals surface area contributed by atoms with Crippen LogP contribution < -0.4 is 0 Å². The van der Waals surface area contributed by atoms with Gasteiger partial charge in [0, 0.05) is 44.2 Å². The molecule has 138 valence electrons. The van der Waals surface area contributed by atoms with Gasteiger partial charge in [-0.25, -0.2) is 4.39 Å². The summed E-state index contributed by atoms with van der Waals surface area (Å²) in [6.07, 6.45) is 6.29. The van der Waals surface area contributed by atoms with Gasteiger partial charge in [-0.3, -0.25) is 4.90 Å². The van der Waals surface area contributed by atoms with E-state index >= 15 is 0 Å². The molecule has 27 heavy (non-hydrogen) atoms. The van der Waals surface area contributed by atoms with Crippen molar-refractivity contribution in [2.75, 3.05) is 13.2 Å². The highest BCUT2D eigenvalue weighted by Crippen LogP contribution is 2.22. The van der Waals surface area contributed by atoms with Gasteiger partial charge >= 0.3 is 0 Å². The first-order valence-electron chi connectivity index (χ1n) is 9.30. The van der Waals surface area contributed by atoms with Gasteiger partial charge in [0.2, 0.25) is 0 Å². The van der Waals surface area contributed by atoms with Gasteiger partial charge in [-0.2, -0.15) is 5.26 Å². The molecule has 0 aliphatic carbocycles. The molecule has 3 heterocycles. The second-order valence-electron chi connectivity index (χ2n) is 7.07. The summed E-state index contributed by atoms with van der Waals surface area (Å²) < 4.78 is 21.4. The molecule has 0 radical (unpaired) electrons. The number of fused-ring (bicyclic) bond motifs is 1. The highest BCUT2D eigenvalue weighted by atomic mass is 19.1. The van der Waals surface area contributed by atoms with Crippen molar-refractivity contribution in [1.29, 1.82) is 5.26 Å². The smallest absolute Gasteiger partial charge is 0.123 e. The van der Waals surface area contributed by atoms with Crippen LogP contribution in [0, 0.1) is 17.1 Å². The summed E-state index contributed by atoms with van der Waals surface area (Å²) in [4.78, 5) is 2.25. The molecule has 1 fully saturated rings. The molecule has 4 rings (SSSR count). The van der Waals surface area contributed by atoms with Crippen molar-refractivity contribution in [3.05, 3.63) is 77.4 Å². The molecule has 4 nitrogen and oxygen atoms in total. The standard InChI is InChI=1S/C22H22FN3O/c23-19-6-3-5-17(11-19)13-25(16-20-7-4-10-27-20)14-18-15-26-9-2-1-8-22(26)21(18)12-24/h1-3,5-6,8-9,11,15,20H,4,7,10,13-14,16H2. The summed E-state index contributed by atoms with van der Waals surface area (Å²) in [7, 11) is 0. The first-order valence-corrected chi connectivity index (χ1v) is 9.30. The van der Waals surface area contributed by atoms with Crippen LogP contribution >= 0.6 is 0 Å². The van der Waals surface area contributed by atoms with Gasteiger partial charge in [-0.15, -0.1) is 0 Å². The number of ether oxygens (including phenoxy) is 1. The van der Waals surface area contributed by atoms with Crippen molar-refractivity contribution >= 4 is 5.52 Å². The lowest BCUT2D eigenvalue weighted by Crippen LogP contribution is -2.31. The molecule has 2 aromatic heterocycles. The molecule has 1 aliphatic rings. The van der Waals surface area contributed by atoms with E-state index in [1.54, 1.807) is 12.1 Å². The van der Waals surface area contributed by atoms with Gasteiger partial charge in [-0.1, -0.05) is 18.2 Å². The number of benzene rings is 1. The highest BCUT2D eigenvalue weighted by Gasteiger charge is 2.21. The maximum Gasteiger partial charge on any atom is 0.123 e. The average molecular weight is 363 g/mol. The molecular weight excluding hydrogens is 341 g/mol. The molecule has 0 saturated carbocycles. The van der Waals surface area contributed by atoms with Gasteiger partial charge in [-0.05, 0) is 42.7 Å². The van der Waals surface area contributed by atoms with Crippen LogP contribution in [0.2, 0.25) is 0 Å². The lowest BCUT2D eigenvalue weighted by atomic mass is 10.1. The molecule has 1 unspecified atom stereocenters. The van der Waals surface area contributed by atoms with Crippen molar-refractivity contribution < 1.29 is 9.13 Å². The molecule has 0 spiro atoms. The minimum atomic E-state index is -0.225. The molecular formula is C22H22FN3O. The number of rotatable bonds is 6. The van der Waals surface area contributed by atoms with Gasteiger partial charge < -0.3 is 9.14 Å². The molecule has 1 aromatic carbocycles. The monoisotopic (exact) mass is 363 g/mol. The topological polar surface area (TPSA) is 40.7 Å². The van der Waals surface area contributed by atoms with E-state index in [1.807, 2.05) is 41.1 Å². The van der Waals surface area contributed by atoms with Crippen LogP contribution in [0.1, 0.15) is 29.5 Å². The van der Waals surface area contributed by atoms with E-state index in [4.69, 9.17) is 4.74 Å². The molecule has 1 atom stereocenters. The molecule has 0 bridgehead atoms. The Morgan fingerprint density at radius 1 is 1.22 bits per heavy atom. The number of pyridine rings is 1. The minimum Gasteiger partial charge on any atom is -0.377 e. The second kappa shape index (κ2) is 7.91. The van der Waals surface area contributed by atoms with Crippen LogP contribution in [-0.4, -0.2) is 28.6 Å². The molecule has 1 saturated heterocycles. The Bertz CT molecular complexity index is 969. The Kier molecular flexibility index (Phi) is 5.19. The third-order valence-corrected chi connectivity index (χ3v) is 5.05. The van der Waals surface area contributed by atoms with Crippen LogP contribution in [0.25, 0.3) is 5.52 Å². The number of nitriles is 1. The number of nitrogens with zero attached hydrogens (tertiary/aromatic N) is 3. The summed E-state index contributed by atoms with van der Waals surface area (Å²) in [5.41, 5.74) is 3.53. The summed E-state index contributed by atoms with van der Waals surface area (Å²) in [5.74, 6) is -0.225. The Hall–Kier alpha value is -2.68. The van der Waals surface area contributed by atoms with Crippen LogP contribution in [0.4, 0.5) is 4.39 Å². The quantitative estimate of drug-likeness (QED) is 0.661. The highest BCUT2D eigenvalue weighted by molar-refractivity contribution is 5.65. The summed E-state index contributed by atoms with van der Waals surface area (Å²) in [5, 5.41) is 9.67. The fourth-order valence-corrected chi connectivity index (χ4v) is 3.82. The Balaban J connectivity index is 1.61. The lowest BCUT2D eigenvalue weighted by Gasteiger charge is -2.25.